The van der Waals surface area contributed by atoms with Crippen molar-refractivity contribution in [2.24, 2.45) is 0 Å². The van der Waals surface area contributed by atoms with Gasteiger partial charge in [0.25, 0.3) is 0 Å². The van der Waals surface area contributed by atoms with E-state index in [1.807, 2.05) is 0 Å². The van der Waals surface area contributed by atoms with E-state index in [-0.39, 0.29) is 0 Å². The van der Waals surface area contributed by atoms with E-state index in [0.717, 1.165) is 32.5 Å². The lowest BCUT2D eigenvalue weighted by Gasteiger charge is -2.30. The molecule has 1 saturated heterocycles. The quantitative estimate of drug-likeness (QED) is 0.834. The molecule has 1 fully saturated rings. The standard InChI is InChI=1S/C18H30N2O/c1-4-7-18-12-17(10-11-21-18)19-13-15-8-5-6-9-16(15)14-20(2)3/h5-6,8-9,17-19H,4,7,10-14H2,1-3H3. The molecule has 3 nitrogen and oxygen atoms in total. The van der Waals surface area contributed by atoms with Gasteiger partial charge in [-0.3, -0.25) is 0 Å². The first-order valence-corrected chi connectivity index (χ1v) is 8.25. The van der Waals surface area contributed by atoms with Crippen LogP contribution in [-0.2, 0) is 17.8 Å². The summed E-state index contributed by atoms with van der Waals surface area (Å²) in [7, 11) is 4.25. The van der Waals surface area contributed by atoms with Crippen molar-refractivity contribution in [3.05, 3.63) is 35.4 Å². The molecule has 118 valence electrons. The molecule has 1 aliphatic heterocycles. The summed E-state index contributed by atoms with van der Waals surface area (Å²) in [5.74, 6) is 0. The molecule has 0 spiro atoms. The predicted molar refractivity (Wildman–Crippen MR) is 88.3 cm³/mol. The Morgan fingerprint density at radius 3 is 2.71 bits per heavy atom. The van der Waals surface area contributed by atoms with E-state index >= 15 is 0 Å². The molecule has 3 heteroatoms. The monoisotopic (exact) mass is 290 g/mol. The average molecular weight is 290 g/mol. The van der Waals surface area contributed by atoms with Gasteiger partial charge in [0.15, 0.2) is 0 Å². The Morgan fingerprint density at radius 2 is 2.00 bits per heavy atom. The van der Waals surface area contributed by atoms with Gasteiger partial charge >= 0.3 is 0 Å². The highest BCUT2D eigenvalue weighted by Gasteiger charge is 2.21. The molecule has 21 heavy (non-hydrogen) atoms. The Hall–Kier alpha value is -0.900. The van der Waals surface area contributed by atoms with Gasteiger partial charge in [0, 0.05) is 25.7 Å². The Kier molecular flexibility index (Phi) is 6.68. The molecule has 1 heterocycles. The molecule has 0 amide bonds. The Balaban J connectivity index is 1.87. The van der Waals surface area contributed by atoms with Crippen molar-refractivity contribution < 1.29 is 4.74 Å². The fourth-order valence-corrected chi connectivity index (χ4v) is 3.07. The summed E-state index contributed by atoms with van der Waals surface area (Å²) in [6, 6.07) is 9.35. The molecule has 0 bridgehead atoms. The van der Waals surface area contributed by atoms with Crippen LogP contribution in [0.5, 0.6) is 0 Å². The number of rotatable bonds is 7. The van der Waals surface area contributed by atoms with Crippen LogP contribution < -0.4 is 5.32 Å². The smallest absolute Gasteiger partial charge is 0.0589 e. The van der Waals surface area contributed by atoms with Gasteiger partial charge in [0.2, 0.25) is 0 Å². The second kappa shape index (κ2) is 8.52. The van der Waals surface area contributed by atoms with Gasteiger partial charge in [-0.25, -0.2) is 0 Å². The second-order valence-electron chi connectivity index (χ2n) is 6.39. The van der Waals surface area contributed by atoms with Crippen molar-refractivity contribution in [1.82, 2.24) is 10.2 Å². The summed E-state index contributed by atoms with van der Waals surface area (Å²) >= 11 is 0. The van der Waals surface area contributed by atoms with Crippen LogP contribution in [0.3, 0.4) is 0 Å². The molecule has 1 N–H and O–H groups in total. The molecule has 2 unspecified atom stereocenters. The third kappa shape index (κ3) is 5.42. The topological polar surface area (TPSA) is 24.5 Å². The largest absolute Gasteiger partial charge is 0.378 e. The summed E-state index contributed by atoms with van der Waals surface area (Å²) in [4.78, 5) is 2.23. The second-order valence-corrected chi connectivity index (χ2v) is 6.39. The molecule has 0 saturated carbocycles. The third-order valence-corrected chi connectivity index (χ3v) is 4.16. The van der Waals surface area contributed by atoms with E-state index in [0.29, 0.717) is 12.1 Å². The first kappa shape index (κ1) is 16.5. The lowest BCUT2D eigenvalue weighted by Crippen LogP contribution is -2.38. The van der Waals surface area contributed by atoms with E-state index in [9.17, 15) is 0 Å². The van der Waals surface area contributed by atoms with Gasteiger partial charge in [-0.05, 0) is 44.5 Å². The molecular weight excluding hydrogens is 260 g/mol. The first-order chi connectivity index (χ1) is 10.2. The Morgan fingerprint density at radius 1 is 1.24 bits per heavy atom. The van der Waals surface area contributed by atoms with E-state index in [4.69, 9.17) is 4.74 Å². The SMILES string of the molecule is CCCC1CC(NCc2ccccc2CN(C)C)CCO1. The predicted octanol–water partition coefficient (Wildman–Crippen LogP) is 3.19. The van der Waals surface area contributed by atoms with Crippen LogP contribution in [0.25, 0.3) is 0 Å². The van der Waals surface area contributed by atoms with Crippen LogP contribution in [0.4, 0.5) is 0 Å². The van der Waals surface area contributed by atoms with Crippen LogP contribution in [0.2, 0.25) is 0 Å². The van der Waals surface area contributed by atoms with Crippen molar-refractivity contribution in [2.75, 3.05) is 20.7 Å². The number of nitrogens with one attached hydrogen (secondary N) is 1. The molecule has 0 aliphatic carbocycles. The number of hydrogen-bond acceptors (Lipinski definition) is 3. The molecule has 0 radical (unpaired) electrons. The van der Waals surface area contributed by atoms with Crippen LogP contribution in [-0.4, -0.2) is 37.7 Å². The average Bonchev–Trinajstić information content (AvgIpc) is 2.47. The van der Waals surface area contributed by atoms with Gasteiger partial charge in [-0.2, -0.15) is 0 Å². The maximum Gasteiger partial charge on any atom is 0.0589 e. The molecule has 0 aromatic heterocycles. The minimum Gasteiger partial charge on any atom is -0.378 e. The molecule has 2 atom stereocenters. The molecular formula is C18H30N2O. The van der Waals surface area contributed by atoms with Gasteiger partial charge in [-0.15, -0.1) is 0 Å². The lowest BCUT2D eigenvalue weighted by atomic mass is 9.99. The Bertz CT molecular complexity index is 417. The zero-order valence-electron chi connectivity index (χ0n) is 13.8. The highest BCUT2D eigenvalue weighted by atomic mass is 16.5. The highest BCUT2D eigenvalue weighted by molar-refractivity contribution is 5.27. The Labute approximate surface area is 129 Å². The minimum atomic E-state index is 0.457. The van der Waals surface area contributed by atoms with Crippen LogP contribution in [0.15, 0.2) is 24.3 Å². The zero-order chi connectivity index (χ0) is 15.1. The number of benzene rings is 1. The van der Waals surface area contributed by atoms with Crippen molar-refractivity contribution in [1.29, 1.82) is 0 Å². The summed E-state index contributed by atoms with van der Waals surface area (Å²) in [5.41, 5.74) is 2.84. The lowest BCUT2D eigenvalue weighted by molar-refractivity contribution is -0.00344. The van der Waals surface area contributed by atoms with Gasteiger partial charge in [-0.1, -0.05) is 37.6 Å². The fraction of sp³-hybridized carbons (Fsp3) is 0.667. The summed E-state index contributed by atoms with van der Waals surface area (Å²) in [5, 5.41) is 3.74. The number of hydrogen-bond donors (Lipinski definition) is 1. The van der Waals surface area contributed by atoms with E-state index in [1.165, 1.54) is 24.0 Å². The van der Waals surface area contributed by atoms with Gasteiger partial charge in [0.05, 0.1) is 6.10 Å². The molecule has 1 aliphatic rings. The third-order valence-electron chi connectivity index (χ3n) is 4.16. The maximum atomic E-state index is 5.83. The van der Waals surface area contributed by atoms with E-state index in [2.05, 4.69) is 55.5 Å². The number of ether oxygens (including phenoxy) is 1. The fourth-order valence-electron chi connectivity index (χ4n) is 3.07. The van der Waals surface area contributed by atoms with Crippen molar-refractivity contribution >= 4 is 0 Å². The van der Waals surface area contributed by atoms with Crippen LogP contribution >= 0.6 is 0 Å². The molecule has 1 aromatic carbocycles. The number of nitrogens with zero attached hydrogens (tertiary/aromatic N) is 1. The van der Waals surface area contributed by atoms with Crippen LogP contribution in [0, 0.1) is 0 Å². The van der Waals surface area contributed by atoms with E-state index in [1.54, 1.807) is 0 Å². The van der Waals surface area contributed by atoms with Gasteiger partial charge < -0.3 is 15.0 Å². The summed E-state index contributed by atoms with van der Waals surface area (Å²) in [6.07, 6.45) is 5.15. The normalized spacial score (nSPS) is 22.7. The zero-order valence-corrected chi connectivity index (χ0v) is 13.8. The highest BCUT2D eigenvalue weighted by Crippen LogP contribution is 2.19. The van der Waals surface area contributed by atoms with Crippen molar-refractivity contribution in [3.8, 4) is 0 Å². The van der Waals surface area contributed by atoms with Crippen LogP contribution in [0.1, 0.15) is 43.7 Å². The minimum absolute atomic E-state index is 0.457. The summed E-state index contributed by atoms with van der Waals surface area (Å²) in [6.45, 7) is 5.11. The van der Waals surface area contributed by atoms with Gasteiger partial charge in [0.1, 0.15) is 0 Å². The maximum absolute atomic E-state index is 5.83. The molecule has 1 aromatic rings. The molecule has 2 rings (SSSR count). The van der Waals surface area contributed by atoms with Crippen molar-refractivity contribution in [2.45, 2.75) is 57.8 Å². The first-order valence-electron chi connectivity index (χ1n) is 8.25. The van der Waals surface area contributed by atoms with Crippen molar-refractivity contribution in [3.63, 3.8) is 0 Å². The summed E-state index contributed by atoms with van der Waals surface area (Å²) < 4.78 is 5.83. The van der Waals surface area contributed by atoms with E-state index < -0.39 is 0 Å².